The lowest BCUT2D eigenvalue weighted by Crippen LogP contribution is -2.01. The second-order valence-corrected chi connectivity index (χ2v) is 2.43. The fraction of sp³-hybridized carbons (Fsp3) is 0.143. The van der Waals surface area contributed by atoms with Crippen LogP contribution in [-0.2, 0) is 11.4 Å². The van der Waals surface area contributed by atoms with E-state index >= 15 is 0 Å². The lowest BCUT2D eigenvalue weighted by Gasteiger charge is -2.01. The third-order valence-electron chi connectivity index (χ3n) is 1.27. The van der Waals surface area contributed by atoms with E-state index in [0.717, 1.165) is 0 Å². The Bertz CT molecular complexity index is 257. The molecule has 0 aromatic heterocycles. The van der Waals surface area contributed by atoms with Crippen LogP contribution in [0.25, 0.3) is 0 Å². The first-order valence-corrected chi connectivity index (χ1v) is 3.38. The lowest BCUT2D eigenvalue weighted by molar-refractivity contribution is 0.121. The van der Waals surface area contributed by atoms with Gasteiger partial charge in [0.25, 0.3) is 0 Å². The zero-order valence-electron chi connectivity index (χ0n) is 6.09. The second-order valence-electron chi connectivity index (χ2n) is 2.02. The molecule has 5 heteroatoms. The van der Waals surface area contributed by atoms with Gasteiger partial charge in [0.15, 0.2) is 0 Å². The van der Waals surface area contributed by atoms with Gasteiger partial charge in [0.05, 0.1) is 11.6 Å². The average Bonchev–Trinajstić information content (AvgIpc) is 1.99. The van der Waals surface area contributed by atoms with Crippen molar-refractivity contribution in [3.8, 4) is 0 Å². The van der Waals surface area contributed by atoms with E-state index in [1.54, 1.807) is 12.1 Å². The first kappa shape index (κ1) is 11.6. The maximum atomic E-state index is 12.9. The Morgan fingerprint density at radius 1 is 1.50 bits per heavy atom. The minimum atomic E-state index is -0.473. The van der Waals surface area contributed by atoms with Crippen LogP contribution in [0.1, 0.15) is 5.56 Å². The van der Waals surface area contributed by atoms with Gasteiger partial charge in [0, 0.05) is 5.56 Å². The molecular weight excluding hydrogens is 204 g/mol. The van der Waals surface area contributed by atoms with E-state index in [0.29, 0.717) is 5.56 Å². The molecule has 0 aliphatic carbocycles. The Balaban J connectivity index is 0.00000121. The number of rotatable bonds is 2. The summed E-state index contributed by atoms with van der Waals surface area (Å²) in [5.74, 6) is 4.30. The Morgan fingerprint density at radius 3 is 2.75 bits per heavy atom. The molecule has 0 aliphatic heterocycles. The molecule has 0 fully saturated rings. The Labute approximate surface area is 80.8 Å². The van der Waals surface area contributed by atoms with Crippen LogP contribution in [0, 0.1) is 5.82 Å². The first-order chi connectivity index (χ1) is 5.25. The van der Waals surface area contributed by atoms with Crippen LogP contribution >= 0.6 is 24.0 Å². The van der Waals surface area contributed by atoms with Gasteiger partial charge in [-0.1, -0.05) is 23.7 Å². The van der Waals surface area contributed by atoms with Crippen LogP contribution in [0.5, 0.6) is 0 Å². The molecule has 0 saturated carbocycles. The van der Waals surface area contributed by atoms with E-state index in [-0.39, 0.29) is 24.0 Å². The summed E-state index contributed by atoms with van der Waals surface area (Å²) in [6, 6.07) is 4.67. The van der Waals surface area contributed by atoms with Gasteiger partial charge in [0.2, 0.25) is 0 Å². The molecule has 0 spiro atoms. The number of benzene rings is 1. The van der Waals surface area contributed by atoms with Crippen molar-refractivity contribution < 1.29 is 9.23 Å². The Hall–Kier alpha value is -0.350. The van der Waals surface area contributed by atoms with Gasteiger partial charge >= 0.3 is 0 Å². The first-order valence-electron chi connectivity index (χ1n) is 3.00. The molecule has 0 atom stereocenters. The zero-order chi connectivity index (χ0) is 8.27. The quantitative estimate of drug-likeness (QED) is 0.763. The predicted molar refractivity (Wildman–Crippen MR) is 47.6 cm³/mol. The molecule has 68 valence electrons. The van der Waals surface area contributed by atoms with E-state index in [1.165, 1.54) is 6.07 Å². The summed E-state index contributed by atoms with van der Waals surface area (Å²) in [7, 11) is 0. The van der Waals surface area contributed by atoms with Crippen LogP contribution in [0.3, 0.4) is 0 Å². The van der Waals surface area contributed by atoms with E-state index in [1.807, 2.05) is 0 Å². The van der Waals surface area contributed by atoms with E-state index in [9.17, 15) is 4.39 Å². The van der Waals surface area contributed by atoms with E-state index in [4.69, 9.17) is 17.5 Å². The molecule has 12 heavy (non-hydrogen) atoms. The van der Waals surface area contributed by atoms with Gasteiger partial charge in [-0.15, -0.1) is 12.4 Å². The van der Waals surface area contributed by atoms with Crippen LogP contribution in [-0.4, -0.2) is 0 Å². The van der Waals surface area contributed by atoms with Crippen LogP contribution in [0.4, 0.5) is 4.39 Å². The molecule has 0 bridgehead atoms. The maximum absolute atomic E-state index is 12.9. The topological polar surface area (TPSA) is 35.2 Å². The van der Waals surface area contributed by atoms with Crippen LogP contribution in [0.2, 0.25) is 5.02 Å². The summed E-state index contributed by atoms with van der Waals surface area (Å²) in [5, 5.41) is 0.0829. The molecule has 0 unspecified atom stereocenters. The summed E-state index contributed by atoms with van der Waals surface area (Å²) in [6.07, 6.45) is 0. The molecule has 2 nitrogen and oxygen atoms in total. The van der Waals surface area contributed by atoms with Crippen LogP contribution in [0.15, 0.2) is 18.2 Å². The maximum Gasteiger partial charge on any atom is 0.147 e. The van der Waals surface area contributed by atoms with Gasteiger partial charge in [-0.05, 0) is 6.07 Å². The van der Waals surface area contributed by atoms with Crippen molar-refractivity contribution in [3.05, 3.63) is 34.6 Å². The van der Waals surface area contributed by atoms with Gasteiger partial charge in [0.1, 0.15) is 5.82 Å². The fourth-order valence-electron chi connectivity index (χ4n) is 0.750. The Morgan fingerprint density at radius 2 is 2.17 bits per heavy atom. The molecule has 2 N–H and O–H groups in total. The minimum Gasteiger partial charge on any atom is -0.300 e. The molecule has 0 heterocycles. The molecular formula is C7H8Cl2FNO. The molecule has 1 aromatic carbocycles. The number of halogens is 3. The highest BCUT2D eigenvalue weighted by Gasteiger charge is 2.04. The molecule has 0 amide bonds. The highest BCUT2D eigenvalue weighted by Crippen LogP contribution is 2.17. The molecule has 0 radical (unpaired) electrons. The lowest BCUT2D eigenvalue weighted by atomic mass is 10.2. The SMILES string of the molecule is Cl.NOCc1cccc(Cl)c1F. The third kappa shape index (κ3) is 2.60. The van der Waals surface area contributed by atoms with Gasteiger partial charge in [-0.2, -0.15) is 0 Å². The summed E-state index contributed by atoms with van der Waals surface area (Å²) in [5.41, 5.74) is 0.361. The van der Waals surface area contributed by atoms with Crippen molar-refractivity contribution in [2.24, 2.45) is 5.90 Å². The minimum absolute atomic E-state index is 0. The number of hydrogen-bond donors (Lipinski definition) is 1. The van der Waals surface area contributed by atoms with Crippen LogP contribution < -0.4 is 5.90 Å². The summed E-state index contributed by atoms with van der Waals surface area (Å²) < 4.78 is 12.9. The highest BCUT2D eigenvalue weighted by atomic mass is 35.5. The third-order valence-corrected chi connectivity index (χ3v) is 1.56. The molecule has 0 saturated heterocycles. The van der Waals surface area contributed by atoms with Crippen molar-refractivity contribution >= 4 is 24.0 Å². The highest BCUT2D eigenvalue weighted by molar-refractivity contribution is 6.30. The van der Waals surface area contributed by atoms with Gasteiger partial charge in [-0.3, -0.25) is 4.84 Å². The summed E-state index contributed by atoms with van der Waals surface area (Å²) in [4.78, 5) is 4.27. The molecule has 1 aromatic rings. The van der Waals surface area contributed by atoms with Crippen molar-refractivity contribution in [1.29, 1.82) is 0 Å². The number of nitrogens with two attached hydrogens (primary N) is 1. The summed E-state index contributed by atoms with van der Waals surface area (Å²) in [6.45, 7) is 0.0341. The van der Waals surface area contributed by atoms with Gasteiger partial charge in [-0.25, -0.2) is 10.3 Å². The standard InChI is InChI=1S/C7H7ClFNO.ClH/c8-6-3-1-2-5(4-11-10)7(6)9;/h1-3H,4,10H2;1H. The monoisotopic (exact) mass is 211 g/mol. The second kappa shape index (κ2) is 5.32. The van der Waals surface area contributed by atoms with Crippen molar-refractivity contribution in [2.45, 2.75) is 6.61 Å². The average molecular weight is 212 g/mol. The smallest absolute Gasteiger partial charge is 0.147 e. The molecule has 0 aliphatic rings. The van der Waals surface area contributed by atoms with E-state index in [2.05, 4.69) is 4.84 Å². The van der Waals surface area contributed by atoms with Crippen molar-refractivity contribution in [2.75, 3.05) is 0 Å². The predicted octanol–water partition coefficient (Wildman–Crippen LogP) is 2.29. The summed E-state index contributed by atoms with van der Waals surface area (Å²) >= 11 is 5.48. The van der Waals surface area contributed by atoms with E-state index < -0.39 is 5.82 Å². The largest absolute Gasteiger partial charge is 0.300 e. The zero-order valence-corrected chi connectivity index (χ0v) is 7.66. The fourth-order valence-corrected chi connectivity index (χ4v) is 0.944. The van der Waals surface area contributed by atoms with Crippen molar-refractivity contribution in [1.82, 2.24) is 0 Å². The van der Waals surface area contributed by atoms with Crippen molar-refractivity contribution in [3.63, 3.8) is 0 Å². The van der Waals surface area contributed by atoms with Gasteiger partial charge < -0.3 is 0 Å². The Kier molecular flexibility index (Phi) is 5.17. The molecule has 1 rings (SSSR count). The normalized spacial score (nSPS) is 9.25. The number of hydrogen-bond acceptors (Lipinski definition) is 2.